The predicted molar refractivity (Wildman–Crippen MR) is 205 cm³/mol. The van der Waals surface area contributed by atoms with Gasteiger partial charge in [-0.25, -0.2) is 0 Å². The predicted octanol–water partition coefficient (Wildman–Crippen LogP) is 5.54. The number of fused-ring (bicyclic) bond motifs is 2. The molecular formula is C39H54N5O10P. The number of aromatic nitrogens is 1. The molecule has 5 rings (SSSR count). The highest BCUT2D eigenvalue weighted by molar-refractivity contribution is 7.53. The van der Waals surface area contributed by atoms with Crippen LogP contribution in [0.15, 0.2) is 40.9 Å². The highest BCUT2D eigenvalue weighted by Gasteiger charge is 2.44. The van der Waals surface area contributed by atoms with Crippen molar-refractivity contribution in [1.29, 1.82) is 0 Å². The molecule has 2 saturated heterocycles. The zero-order chi connectivity index (χ0) is 40.0. The lowest BCUT2D eigenvalue weighted by Crippen LogP contribution is -2.56. The number of hydrogen-bond acceptors (Lipinski definition) is 11. The van der Waals surface area contributed by atoms with Gasteiger partial charge < -0.3 is 30.0 Å². The molecule has 15 nitrogen and oxygen atoms in total. The van der Waals surface area contributed by atoms with E-state index < -0.39 is 61.9 Å². The third-order valence-electron chi connectivity index (χ3n) is 9.78. The van der Waals surface area contributed by atoms with Crippen LogP contribution < -0.4 is 10.6 Å². The average Bonchev–Trinajstić information content (AvgIpc) is 3.88. The van der Waals surface area contributed by atoms with Crippen molar-refractivity contribution < 1.29 is 47.1 Å². The Kier molecular flexibility index (Phi) is 13.4. The van der Waals surface area contributed by atoms with Crippen LogP contribution in [0.4, 0.5) is 0 Å². The number of nitrogens with one attached hydrogen (secondary N) is 3. The summed E-state index contributed by atoms with van der Waals surface area (Å²) in [5.41, 5.74) is 0.792. The van der Waals surface area contributed by atoms with Gasteiger partial charge in [-0.3, -0.25) is 42.6 Å². The number of H-pyrrole nitrogens is 1. The van der Waals surface area contributed by atoms with Gasteiger partial charge in [-0.05, 0) is 103 Å². The van der Waals surface area contributed by atoms with E-state index in [1.807, 2.05) is 12.3 Å². The molecule has 3 N–H and O–H groups in total. The largest absolute Gasteiger partial charge is 0.438 e. The fraction of sp³-hybridized carbons (Fsp3) is 0.590. The molecule has 1 aromatic carbocycles. The third kappa shape index (κ3) is 11.1. The molecule has 16 heteroatoms. The average molecular weight is 784 g/mol. The smallest absolute Gasteiger partial charge is 0.340 e. The van der Waals surface area contributed by atoms with Gasteiger partial charge in [0.25, 0.3) is 5.91 Å². The maximum absolute atomic E-state index is 14.0. The molecule has 3 aliphatic heterocycles. The molecule has 1 unspecified atom stereocenters. The monoisotopic (exact) mass is 783 g/mol. The van der Waals surface area contributed by atoms with Crippen molar-refractivity contribution in [3.05, 3.63) is 47.2 Å². The molecule has 0 radical (unpaired) electrons. The van der Waals surface area contributed by atoms with Crippen molar-refractivity contribution >= 4 is 54.4 Å². The lowest BCUT2D eigenvalue weighted by atomic mass is 9.98. The van der Waals surface area contributed by atoms with Crippen molar-refractivity contribution in [2.45, 2.75) is 111 Å². The molecule has 0 aliphatic carbocycles. The van der Waals surface area contributed by atoms with E-state index in [2.05, 4.69) is 20.6 Å². The number of carbonyl (C=O) groups excluding carboxylic acids is 5. The molecule has 0 saturated carbocycles. The van der Waals surface area contributed by atoms with Crippen LogP contribution in [0.2, 0.25) is 0 Å². The van der Waals surface area contributed by atoms with Gasteiger partial charge in [0.2, 0.25) is 25.4 Å². The van der Waals surface area contributed by atoms with Crippen LogP contribution in [-0.2, 0) is 48.4 Å². The molecule has 3 amide bonds. The molecule has 2 fully saturated rings. The number of benzene rings is 1. The molecule has 4 heterocycles. The van der Waals surface area contributed by atoms with Crippen LogP contribution in [0, 0.1) is 10.8 Å². The maximum atomic E-state index is 14.0. The Morgan fingerprint density at radius 1 is 0.927 bits per heavy atom. The van der Waals surface area contributed by atoms with Gasteiger partial charge in [-0.15, -0.1) is 0 Å². The minimum atomic E-state index is -4.04. The van der Waals surface area contributed by atoms with Gasteiger partial charge in [0.05, 0.1) is 23.5 Å². The summed E-state index contributed by atoms with van der Waals surface area (Å²) in [4.78, 5) is 74.5. The number of carbonyl (C=O) groups is 5. The van der Waals surface area contributed by atoms with E-state index in [9.17, 15) is 28.5 Å². The van der Waals surface area contributed by atoms with Crippen LogP contribution in [0.25, 0.3) is 10.9 Å². The minimum Gasteiger partial charge on any atom is -0.438 e. The fourth-order valence-corrected chi connectivity index (χ4v) is 8.00. The van der Waals surface area contributed by atoms with Crippen LogP contribution in [0.5, 0.6) is 0 Å². The van der Waals surface area contributed by atoms with E-state index >= 15 is 0 Å². The number of aliphatic imine (C=N–C) groups is 1. The highest BCUT2D eigenvalue weighted by Crippen LogP contribution is 2.52. The van der Waals surface area contributed by atoms with E-state index in [0.717, 1.165) is 31.3 Å². The van der Waals surface area contributed by atoms with E-state index in [1.165, 1.54) is 0 Å². The van der Waals surface area contributed by atoms with Gasteiger partial charge in [-0.1, -0.05) is 25.0 Å². The molecule has 0 bridgehead atoms. The molecule has 3 aliphatic rings. The summed E-state index contributed by atoms with van der Waals surface area (Å²) in [5, 5.41) is 6.53. The number of esters is 2. The Hall–Kier alpha value is -4.33. The summed E-state index contributed by atoms with van der Waals surface area (Å²) in [6.07, 6.45) is 8.48. The Bertz CT molecular complexity index is 1840. The quantitative estimate of drug-likeness (QED) is 0.124. The zero-order valence-electron chi connectivity index (χ0n) is 32.6. The third-order valence-corrected chi connectivity index (χ3v) is 11.5. The zero-order valence-corrected chi connectivity index (χ0v) is 33.5. The van der Waals surface area contributed by atoms with Gasteiger partial charge in [-0.2, -0.15) is 0 Å². The number of aromatic amines is 1. The summed E-state index contributed by atoms with van der Waals surface area (Å²) >= 11 is 0. The van der Waals surface area contributed by atoms with E-state index in [-0.39, 0.29) is 29.7 Å². The molecular weight excluding hydrogens is 729 g/mol. The molecule has 1 aromatic heterocycles. The second-order valence-electron chi connectivity index (χ2n) is 16.3. The number of hydrogen-bond donors (Lipinski definition) is 3. The Labute approximate surface area is 321 Å². The number of nitrogens with zero attached hydrogens (tertiary/aromatic N) is 2. The molecule has 0 spiro atoms. The Balaban J connectivity index is 1.25. The first kappa shape index (κ1) is 41.8. The normalized spacial score (nSPS) is 20.4. The van der Waals surface area contributed by atoms with Crippen LogP contribution >= 0.6 is 7.60 Å². The minimum absolute atomic E-state index is 0.0564. The maximum Gasteiger partial charge on any atom is 0.340 e. The summed E-state index contributed by atoms with van der Waals surface area (Å²) in [5.74, 6) is -2.04. The summed E-state index contributed by atoms with van der Waals surface area (Å²) < 4.78 is 35.2. The van der Waals surface area contributed by atoms with Crippen molar-refractivity contribution in [2.24, 2.45) is 15.8 Å². The van der Waals surface area contributed by atoms with Crippen molar-refractivity contribution in [2.75, 3.05) is 26.7 Å². The molecule has 55 heavy (non-hydrogen) atoms. The Morgan fingerprint density at radius 2 is 1.60 bits per heavy atom. The Morgan fingerprint density at radius 3 is 2.24 bits per heavy atom. The number of amides is 3. The molecule has 3 atom stereocenters. The first-order chi connectivity index (χ1) is 25.9. The second kappa shape index (κ2) is 17.6. The first-order valence-corrected chi connectivity index (χ1v) is 20.6. The standard InChI is InChI=1S/C39H54N5O10P/c1-38(2,3)36(48)51-23-53-55(50,54-24-52-37(49)39(4,5)6)22-26-11-13-29-27(19-26)20-31(42-29)33(45)43-30-10-8-7-9-28-12-14-32(44(28)35(30)47)34(46)41-18-16-25-15-17-40-21-25/h11,13,15,19-21,28,30,32,42H,7-10,12,14,16-18,22-24H2,1-6H3,(H,41,46)(H,43,45)/t28?,30-,32-/m0/s1. The second-order valence-corrected chi connectivity index (χ2v) is 18.4. The molecule has 300 valence electrons. The van der Waals surface area contributed by atoms with E-state index in [4.69, 9.17) is 18.5 Å². The van der Waals surface area contributed by atoms with E-state index in [1.54, 1.807) is 70.7 Å². The van der Waals surface area contributed by atoms with Crippen molar-refractivity contribution in [3.63, 3.8) is 0 Å². The van der Waals surface area contributed by atoms with Crippen LogP contribution in [0.3, 0.4) is 0 Å². The highest BCUT2D eigenvalue weighted by atomic mass is 31.2. The van der Waals surface area contributed by atoms with E-state index in [0.29, 0.717) is 48.8 Å². The lowest BCUT2D eigenvalue weighted by Gasteiger charge is -2.35. The number of ether oxygens (including phenoxy) is 2. The summed E-state index contributed by atoms with van der Waals surface area (Å²) in [7, 11) is -4.04. The van der Waals surface area contributed by atoms with Gasteiger partial charge in [0.15, 0.2) is 0 Å². The van der Waals surface area contributed by atoms with Gasteiger partial charge in [0, 0.05) is 29.7 Å². The van der Waals surface area contributed by atoms with Crippen LogP contribution in [-0.4, -0.2) is 90.6 Å². The molecule has 2 aromatic rings. The summed E-state index contributed by atoms with van der Waals surface area (Å²) in [6, 6.07) is 5.28. The van der Waals surface area contributed by atoms with Crippen molar-refractivity contribution in [3.8, 4) is 0 Å². The van der Waals surface area contributed by atoms with Gasteiger partial charge in [0.1, 0.15) is 17.8 Å². The first-order valence-electron chi connectivity index (χ1n) is 18.9. The van der Waals surface area contributed by atoms with Crippen molar-refractivity contribution in [1.82, 2.24) is 20.5 Å². The lowest BCUT2D eigenvalue weighted by molar-refractivity contribution is -0.162. The summed E-state index contributed by atoms with van der Waals surface area (Å²) in [6.45, 7) is 9.84. The fourth-order valence-electron chi connectivity index (χ4n) is 6.67. The van der Waals surface area contributed by atoms with Crippen LogP contribution in [0.1, 0.15) is 103 Å². The van der Waals surface area contributed by atoms with Gasteiger partial charge >= 0.3 is 19.5 Å². The topological polar surface area (TPSA) is 195 Å². The SMILES string of the molecule is CC(C)(C)C(=O)OCOP(=O)(Cc1ccc2[nH]c(C(=O)N[C@H]3CCCCC4CC[C@@H](C(=O)NCCC5=CCN=C5)N4C3=O)cc2c1)OCOC(=O)C(C)(C)C. The number of rotatable bonds is 14.